The van der Waals surface area contributed by atoms with E-state index in [1.54, 1.807) is 0 Å². The van der Waals surface area contributed by atoms with Crippen molar-refractivity contribution in [1.82, 2.24) is 9.88 Å². The molecule has 1 aliphatic heterocycles. The van der Waals surface area contributed by atoms with Gasteiger partial charge in [-0.1, -0.05) is 45.9 Å². The number of likely N-dealkylation sites (N-methyl/N-ethyl adjacent to an activating group) is 1. The number of nitrogens with zero attached hydrogens (tertiary/aromatic N) is 3. The number of para-hydroxylation sites is 1. The molecule has 0 spiro atoms. The third-order valence-corrected chi connectivity index (χ3v) is 5.46. The van der Waals surface area contributed by atoms with Gasteiger partial charge in [0.25, 0.3) is 5.91 Å². The topological polar surface area (TPSA) is 48.5 Å². The molecule has 0 atom stereocenters. The second kappa shape index (κ2) is 8.74. The molecule has 1 aromatic heterocycles. The Hall–Kier alpha value is -2.40. The Bertz CT molecular complexity index is 780. The van der Waals surface area contributed by atoms with E-state index in [-0.39, 0.29) is 5.91 Å². The van der Waals surface area contributed by atoms with E-state index in [9.17, 15) is 4.79 Å². The third-order valence-electron chi connectivity index (χ3n) is 5.46. The van der Waals surface area contributed by atoms with Crippen molar-refractivity contribution in [1.29, 1.82) is 0 Å². The summed E-state index contributed by atoms with van der Waals surface area (Å²) >= 11 is 0. The summed E-state index contributed by atoms with van der Waals surface area (Å²) in [4.78, 5) is 22.0. The van der Waals surface area contributed by atoms with Crippen LogP contribution >= 0.6 is 0 Å². The quantitative estimate of drug-likeness (QED) is 0.839. The lowest BCUT2D eigenvalue weighted by molar-refractivity contribution is 0.102. The molecule has 3 rings (SSSR count). The Morgan fingerprint density at radius 2 is 1.57 bits per heavy atom. The van der Waals surface area contributed by atoms with E-state index in [0.717, 1.165) is 48.7 Å². The summed E-state index contributed by atoms with van der Waals surface area (Å²) in [6, 6.07) is 10.1. The first-order valence-electron chi connectivity index (χ1n) is 10.2. The van der Waals surface area contributed by atoms with Crippen LogP contribution in [0, 0.1) is 0 Å². The molecule has 0 radical (unpaired) electrons. The first-order chi connectivity index (χ1) is 13.4. The zero-order valence-corrected chi connectivity index (χ0v) is 17.7. The number of pyridine rings is 1. The standard InChI is InChI=1S/C23H32N4O/c1-16(2)19-7-6-8-20(17(3)4)22(19)25-23(28)21-10-9-18(15-24-21)27-13-11-26(5)12-14-27/h6-10,15-17H,11-14H2,1-5H3,(H,25,28). The first-order valence-corrected chi connectivity index (χ1v) is 10.2. The predicted octanol–water partition coefficient (Wildman–Crippen LogP) is 4.33. The molecule has 1 amide bonds. The summed E-state index contributed by atoms with van der Waals surface area (Å²) in [6.07, 6.45) is 1.82. The van der Waals surface area contributed by atoms with Crippen LogP contribution in [0.1, 0.15) is 61.1 Å². The summed E-state index contributed by atoms with van der Waals surface area (Å²) in [5.41, 5.74) is 4.78. The molecular weight excluding hydrogens is 348 g/mol. The van der Waals surface area contributed by atoms with Gasteiger partial charge in [-0.3, -0.25) is 4.79 Å². The van der Waals surface area contributed by atoms with Gasteiger partial charge >= 0.3 is 0 Å². The lowest BCUT2D eigenvalue weighted by Crippen LogP contribution is -2.44. The van der Waals surface area contributed by atoms with Crippen molar-refractivity contribution in [3.8, 4) is 0 Å². The zero-order valence-electron chi connectivity index (χ0n) is 17.7. The summed E-state index contributed by atoms with van der Waals surface area (Å²) in [5.74, 6) is 0.517. The van der Waals surface area contributed by atoms with Crippen LogP contribution in [0.2, 0.25) is 0 Å². The van der Waals surface area contributed by atoms with E-state index < -0.39 is 0 Å². The molecular formula is C23H32N4O. The highest BCUT2D eigenvalue weighted by molar-refractivity contribution is 6.04. The molecule has 28 heavy (non-hydrogen) atoms. The lowest BCUT2D eigenvalue weighted by Gasteiger charge is -2.33. The van der Waals surface area contributed by atoms with Crippen molar-refractivity contribution >= 4 is 17.3 Å². The number of hydrogen-bond donors (Lipinski definition) is 1. The Morgan fingerprint density at radius 3 is 2.07 bits per heavy atom. The molecule has 1 fully saturated rings. The molecule has 0 saturated carbocycles. The Balaban J connectivity index is 1.78. The molecule has 5 heteroatoms. The number of hydrogen-bond acceptors (Lipinski definition) is 4. The summed E-state index contributed by atoms with van der Waals surface area (Å²) in [5, 5.41) is 3.14. The summed E-state index contributed by atoms with van der Waals surface area (Å²) in [7, 11) is 2.14. The van der Waals surface area contributed by atoms with Crippen molar-refractivity contribution in [2.75, 3.05) is 43.4 Å². The molecule has 1 aliphatic rings. The van der Waals surface area contributed by atoms with Gasteiger partial charge in [-0.25, -0.2) is 4.98 Å². The van der Waals surface area contributed by atoms with Crippen molar-refractivity contribution in [2.24, 2.45) is 0 Å². The molecule has 1 saturated heterocycles. The van der Waals surface area contributed by atoms with Crippen molar-refractivity contribution in [2.45, 2.75) is 39.5 Å². The number of carbonyl (C=O) groups is 1. The number of anilines is 2. The van der Waals surface area contributed by atoms with Crippen LogP contribution < -0.4 is 10.2 Å². The van der Waals surface area contributed by atoms with Gasteiger partial charge in [-0.15, -0.1) is 0 Å². The van der Waals surface area contributed by atoms with Crippen molar-refractivity contribution in [3.63, 3.8) is 0 Å². The van der Waals surface area contributed by atoms with Gasteiger partial charge in [0.15, 0.2) is 0 Å². The molecule has 2 aromatic rings. The summed E-state index contributed by atoms with van der Waals surface area (Å²) in [6.45, 7) is 12.7. The minimum Gasteiger partial charge on any atom is -0.368 e. The van der Waals surface area contributed by atoms with Crippen molar-refractivity contribution in [3.05, 3.63) is 53.3 Å². The summed E-state index contributed by atoms with van der Waals surface area (Å²) < 4.78 is 0. The Morgan fingerprint density at radius 1 is 0.964 bits per heavy atom. The molecule has 2 heterocycles. The predicted molar refractivity (Wildman–Crippen MR) is 117 cm³/mol. The average molecular weight is 381 g/mol. The molecule has 1 N–H and O–H groups in total. The maximum absolute atomic E-state index is 12.9. The highest BCUT2D eigenvalue weighted by atomic mass is 16.1. The molecule has 0 unspecified atom stereocenters. The molecule has 5 nitrogen and oxygen atoms in total. The van der Waals surface area contributed by atoms with Gasteiger partial charge in [0, 0.05) is 31.9 Å². The average Bonchev–Trinajstić information content (AvgIpc) is 2.68. The van der Waals surface area contributed by atoms with Gasteiger partial charge in [0.2, 0.25) is 0 Å². The smallest absolute Gasteiger partial charge is 0.274 e. The minimum absolute atomic E-state index is 0.153. The number of rotatable bonds is 5. The van der Waals surface area contributed by atoms with E-state index in [2.05, 4.69) is 73.0 Å². The van der Waals surface area contributed by atoms with Crippen LogP contribution in [0.5, 0.6) is 0 Å². The molecule has 1 aromatic carbocycles. The minimum atomic E-state index is -0.153. The van der Waals surface area contributed by atoms with E-state index in [1.165, 1.54) is 0 Å². The normalized spacial score (nSPS) is 15.3. The largest absolute Gasteiger partial charge is 0.368 e. The fourth-order valence-corrected chi connectivity index (χ4v) is 3.65. The van der Waals surface area contributed by atoms with Gasteiger partial charge in [-0.2, -0.15) is 0 Å². The fraction of sp³-hybridized carbons (Fsp3) is 0.478. The molecule has 0 aliphatic carbocycles. The maximum atomic E-state index is 12.9. The van der Waals surface area contributed by atoms with Crippen LogP contribution in [-0.4, -0.2) is 49.0 Å². The van der Waals surface area contributed by atoms with E-state index >= 15 is 0 Å². The van der Waals surface area contributed by atoms with Crippen LogP contribution in [0.3, 0.4) is 0 Å². The highest BCUT2D eigenvalue weighted by Crippen LogP contribution is 2.32. The number of amides is 1. The van der Waals surface area contributed by atoms with Crippen LogP contribution in [0.4, 0.5) is 11.4 Å². The molecule has 0 bridgehead atoms. The number of aromatic nitrogens is 1. The SMILES string of the molecule is CC(C)c1cccc(C(C)C)c1NC(=O)c1ccc(N2CCN(C)CC2)cn1. The van der Waals surface area contributed by atoms with Crippen LogP contribution in [0.15, 0.2) is 36.5 Å². The third kappa shape index (κ3) is 4.53. The van der Waals surface area contributed by atoms with Gasteiger partial charge in [0.1, 0.15) is 5.69 Å². The number of piperazine rings is 1. The van der Waals surface area contributed by atoms with Gasteiger partial charge < -0.3 is 15.1 Å². The van der Waals surface area contributed by atoms with E-state index in [0.29, 0.717) is 17.5 Å². The highest BCUT2D eigenvalue weighted by Gasteiger charge is 2.18. The van der Waals surface area contributed by atoms with Crippen LogP contribution in [-0.2, 0) is 0 Å². The van der Waals surface area contributed by atoms with Crippen LogP contribution in [0.25, 0.3) is 0 Å². The van der Waals surface area contributed by atoms with Gasteiger partial charge in [-0.05, 0) is 42.1 Å². The number of nitrogens with one attached hydrogen (secondary N) is 1. The number of carbonyl (C=O) groups excluding carboxylic acids is 1. The van der Waals surface area contributed by atoms with Crippen molar-refractivity contribution < 1.29 is 4.79 Å². The van der Waals surface area contributed by atoms with E-state index in [1.807, 2.05) is 18.3 Å². The Kier molecular flexibility index (Phi) is 6.35. The zero-order chi connectivity index (χ0) is 20.3. The lowest BCUT2D eigenvalue weighted by atomic mass is 9.92. The Labute approximate surface area is 168 Å². The second-order valence-electron chi connectivity index (χ2n) is 8.27. The van der Waals surface area contributed by atoms with E-state index in [4.69, 9.17) is 0 Å². The second-order valence-corrected chi connectivity index (χ2v) is 8.27. The fourth-order valence-electron chi connectivity index (χ4n) is 3.65. The number of benzene rings is 1. The first kappa shape index (κ1) is 20.3. The monoisotopic (exact) mass is 380 g/mol. The van der Waals surface area contributed by atoms with Gasteiger partial charge in [0.05, 0.1) is 11.9 Å². The maximum Gasteiger partial charge on any atom is 0.274 e. The molecule has 150 valence electrons.